The van der Waals surface area contributed by atoms with E-state index in [4.69, 9.17) is 9.47 Å². The van der Waals surface area contributed by atoms with Crippen molar-refractivity contribution in [3.05, 3.63) is 65.2 Å². The first-order valence-electron chi connectivity index (χ1n) is 9.34. The Labute approximate surface area is 159 Å². The molecule has 0 saturated heterocycles. The Morgan fingerprint density at radius 3 is 2.85 bits per heavy atom. The number of rotatable bonds is 7. The lowest BCUT2D eigenvalue weighted by Gasteiger charge is -2.26. The lowest BCUT2D eigenvalue weighted by molar-refractivity contribution is -0.149. The van der Waals surface area contributed by atoms with Crippen LogP contribution in [0.25, 0.3) is 0 Å². The Kier molecular flexibility index (Phi) is 6.47. The van der Waals surface area contributed by atoms with Gasteiger partial charge in [0, 0.05) is 0 Å². The molecule has 1 aliphatic carbocycles. The third-order valence-corrected chi connectivity index (χ3v) is 4.63. The van der Waals surface area contributed by atoms with Crippen LogP contribution in [0.1, 0.15) is 42.0 Å². The lowest BCUT2D eigenvalue weighted by Crippen LogP contribution is -2.34. The van der Waals surface area contributed by atoms with Gasteiger partial charge in [-0.3, -0.25) is 9.59 Å². The van der Waals surface area contributed by atoms with Crippen LogP contribution in [0.3, 0.4) is 0 Å². The molecule has 27 heavy (non-hydrogen) atoms. The molecule has 142 valence electrons. The predicted octanol–water partition coefficient (Wildman–Crippen LogP) is 3.50. The maximum absolute atomic E-state index is 12.1. The van der Waals surface area contributed by atoms with E-state index in [1.165, 1.54) is 5.56 Å². The fourth-order valence-corrected chi connectivity index (χ4v) is 3.32. The fourth-order valence-electron chi connectivity index (χ4n) is 3.32. The highest BCUT2D eigenvalue weighted by Gasteiger charge is 2.21. The summed E-state index contributed by atoms with van der Waals surface area (Å²) in [7, 11) is 0. The molecule has 1 atom stereocenters. The van der Waals surface area contributed by atoms with Gasteiger partial charge >= 0.3 is 5.97 Å². The van der Waals surface area contributed by atoms with Crippen LogP contribution in [0.2, 0.25) is 0 Å². The molecular weight excluding hydrogens is 342 g/mol. The summed E-state index contributed by atoms with van der Waals surface area (Å²) in [5.41, 5.74) is 3.53. The molecule has 0 unspecified atom stereocenters. The summed E-state index contributed by atoms with van der Waals surface area (Å²) in [4.78, 5) is 24.0. The van der Waals surface area contributed by atoms with Crippen molar-refractivity contribution in [1.82, 2.24) is 5.32 Å². The van der Waals surface area contributed by atoms with E-state index in [1.54, 1.807) is 0 Å². The average Bonchev–Trinajstić information content (AvgIpc) is 2.67. The molecule has 5 heteroatoms. The van der Waals surface area contributed by atoms with Gasteiger partial charge in [-0.25, -0.2) is 0 Å². The number of esters is 1. The summed E-state index contributed by atoms with van der Waals surface area (Å²) in [6.45, 7) is 1.94. The molecule has 1 aliphatic rings. The summed E-state index contributed by atoms with van der Waals surface area (Å²) < 4.78 is 10.6. The maximum Gasteiger partial charge on any atom is 0.309 e. The molecule has 0 radical (unpaired) electrons. The van der Waals surface area contributed by atoms with Crippen molar-refractivity contribution in [3.8, 4) is 5.75 Å². The molecule has 0 saturated carbocycles. The average molecular weight is 367 g/mol. The van der Waals surface area contributed by atoms with Crippen molar-refractivity contribution in [2.45, 2.75) is 38.6 Å². The van der Waals surface area contributed by atoms with Crippen molar-refractivity contribution < 1.29 is 19.1 Å². The molecule has 0 bridgehead atoms. The Hall–Kier alpha value is -2.82. The van der Waals surface area contributed by atoms with Crippen molar-refractivity contribution >= 4 is 11.9 Å². The summed E-state index contributed by atoms with van der Waals surface area (Å²) in [5, 5.41) is 2.97. The Bertz CT molecular complexity index is 802. The molecule has 0 spiro atoms. The van der Waals surface area contributed by atoms with Crippen LogP contribution in [-0.2, 0) is 20.7 Å². The van der Waals surface area contributed by atoms with Gasteiger partial charge in [-0.2, -0.15) is 0 Å². The van der Waals surface area contributed by atoms with Crippen LogP contribution < -0.4 is 10.1 Å². The molecule has 2 aromatic rings. The number of carbonyl (C=O) groups excluding carboxylic acids is 2. The molecule has 0 fully saturated rings. The number of hydrogen-bond acceptors (Lipinski definition) is 4. The van der Waals surface area contributed by atoms with Gasteiger partial charge < -0.3 is 14.8 Å². The van der Waals surface area contributed by atoms with Gasteiger partial charge in [-0.1, -0.05) is 36.4 Å². The maximum atomic E-state index is 12.1. The number of amides is 1. The topological polar surface area (TPSA) is 64.6 Å². The van der Waals surface area contributed by atoms with E-state index in [-0.39, 0.29) is 31.6 Å². The second-order valence-corrected chi connectivity index (χ2v) is 6.79. The zero-order chi connectivity index (χ0) is 19.1. The van der Waals surface area contributed by atoms with Crippen molar-refractivity contribution in [3.63, 3.8) is 0 Å². The first kappa shape index (κ1) is 19.0. The zero-order valence-corrected chi connectivity index (χ0v) is 15.6. The second-order valence-electron chi connectivity index (χ2n) is 6.79. The number of nitrogens with one attached hydrogen (secondary N) is 1. The number of ether oxygens (including phenoxy) is 2. The smallest absolute Gasteiger partial charge is 0.309 e. The van der Waals surface area contributed by atoms with Crippen LogP contribution in [-0.4, -0.2) is 25.1 Å². The predicted molar refractivity (Wildman–Crippen MR) is 103 cm³/mol. The van der Waals surface area contributed by atoms with Crippen LogP contribution in [0, 0.1) is 6.92 Å². The summed E-state index contributed by atoms with van der Waals surface area (Å²) >= 11 is 0. The SMILES string of the molecule is Cc1cccc(OCCC(=O)OCC(=O)N[C@H]2CCCc3ccccc32)c1. The van der Waals surface area contributed by atoms with Crippen molar-refractivity contribution in [2.24, 2.45) is 0 Å². The van der Waals surface area contributed by atoms with E-state index in [0.29, 0.717) is 0 Å². The molecular formula is C22H25NO4. The molecule has 1 N–H and O–H groups in total. The Morgan fingerprint density at radius 1 is 1.15 bits per heavy atom. The minimum Gasteiger partial charge on any atom is -0.493 e. The number of benzene rings is 2. The number of carbonyl (C=O) groups is 2. The van der Waals surface area contributed by atoms with E-state index >= 15 is 0 Å². The minimum atomic E-state index is -0.443. The van der Waals surface area contributed by atoms with Gasteiger partial charge in [0.15, 0.2) is 6.61 Å². The first-order valence-corrected chi connectivity index (χ1v) is 9.34. The number of aryl methyl sites for hydroxylation is 2. The third-order valence-electron chi connectivity index (χ3n) is 4.63. The largest absolute Gasteiger partial charge is 0.493 e. The summed E-state index contributed by atoms with van der Waals surface area (Å²) in [6.07, 6.45) is 3.09. The van der Waals surface area contributed by atoms with Gasteiger partial charge in [0.2, 0.25) is 0 Å². The van der Waals surface area contributed by atoms with Crippen LogP contribution in [0.15, 0.2) is 48.5 Å². The fraction of sp³-hybridized carbons (Fsp3) is 0.364. The van der Waals surface area contributed by atoms with E-state index in [1.807, 2.05) is 49.4 Å². The first-order chi connectivity index (χ1) is 13.1. The van der Waals surface area contributed by atoms with E-state index in [9.17, 15) is 9.59 Å². The molecule has 3 rings (SSSR count). The van der Waals surface area contributed by atoms with Crippen LogP contribution >= 0.6 is 0 Å². The molecule has 5 nitrogen and oxygen atoms in total. The van der Waals surface area contributed by atoms with E-state index in [2.05, 4.69) is 11.4 Å². The normalized spacial score (nSPS) is 15.5. The highest BCUT2D eigenvalue weighted by atomic mass is 16.5. The monoisotopic (exact) mass is 367 g/mol. The van der Waals surface area contributed by atoms with Gasteiger partial charge in [-0.15, -0.1) is 0 Å². The summed E-state index contributed by atoms with van der Waals surface area (Å²) in [6, 6.07) is 15.8. The standard InChI is InChI=1S/C22H25NO4/c1-16-6-4-9-18(14-16)26-13-12-22(25)27-15-21(24)23-20-11-5-8-17-7-2-3-10-19(17)20/h2-4,6-7,9-10,14,20H,5,8,11-13,15H2,1H3,(H,23,24)/t20-/m0/s1. The van der Waals surface area contributed by atoms with Gasteiger partial charge in [0.05, 0.1) is 19.1 Å². The third kappa shape index (κ3) is 5.58. The highest BCUT2D eigenvalue weighted by molar-refractivity contribution is 5.81. The minimum absolute atomic E-state index is 0.00851. The second kappa shape index (κ2) is 9.21. The summed E-state index contributed by atoms with van der Waals surface area (Å²) in [5.74, 6) is 0.00279. The lowest BCUT2D eigenvalue weighted by atomic mass is 9.88. The quantitative estimate of drug-likeness (QED) is 0.761. The molecule has 0 aromatic heterocycles. The highest BCUT2D eigenvalue weighted by Crippen LogP contribution is 2.29. The molecule has 2 aromatic carbocycles. The van der Waals surface area contributed by atoms with Gasteiger partial charge in [0.25, 0.3) is 5.91 Å². The van der Waals surface area contributed by atoms with E-state index < -0.39 is 5.97 Å². The number of hydrogen-bond donors (Lipinski definition) is 1. The van der Waals surface area contributed by atoms with Crippen molar-refractivity contribution in [2.75, 3.05) is 13.2 Å². The Balaban J connectivity index is 1.38. The van der Waals surface area contributed by atoms with Crippen LogP contribution in [0.5, 0.6) is 5.75 Å². The van der Waals surface area contributed by atoms with Crippen LogP contribution in [0.4, 0.5) is 0 Å². The molecule has 1 amide bonds. The van der Waals surface area contributed by atoms with E-state index in [0.717, 1.165) is 36.1 Å². The molecule has 0 aliphatic heterocycles. The zero-order valence-electron chi connectivity index (χ0n) is 15.6. The van der Waals surface area contributed by atoms with Crippen molar-refractivity contribution in [1.29, 1.82) is 0 Å². The van der Waals surface area contributed by atoms with Gasteiger partial charge in [-0.05, 0) is 55.0 Å². The van der Waals surface area contributed by atoms with Gasteiger partial charge in [0.1, 0.15) is 5.75 Å². The number of fused-ring (bicyclic) bond motifs is 1. The Morgan fingerprint density at radius 2 is 2.00 bits per heavy atom. The molecule has 0 heterocycles.